The van der Waals surface area contributed by atoms with Gasteiger partial charge in [0.15, 0.2) is 0 Å². The van der Waals surface area contributed by atoms with Crippen molar-refractivity contribution in [3.8, 4) is 5.75 Å². The minimum absolute atomic E-state index is 0.551. The molecule has 1 aromatic rings. The maximum Gasteiger partial charge on any atom is 0.119 e. The molecule has 2 rings (SSSR count). The number of thioether (sulfide) groups is 1. The van der Waals surface area contributed by atoms with Crippen molar-refractivity contribution in [1.82, 2.24) is 5.32 Å². The maximum atomic E-state index is 5.84. The highest BCUT2D eigenvalue weighted by atomic mass is 32.2. The Balaban J connectivity index is 1.84. The first-order chi connectivity index (χ1) is 9.35. The molecule has 0 fully saturated rings. The van der Waals surface area contributed by atoms with Gasteiger partial charge in [0.1, 0.15) is 5.75 Å². The van der Waals surface area contributed by atoms with Crippen molar-refractivity contribution >= 4 is 11.8 Å². The van der Waals surface area contributed by atoms with Crippen molar-refractivity contribution in [3.63, 3.8) is 0 Å². The number of benzene rings is 1. The molecule has 0 aromatic heterocycles. The molecule has 0 radical (unpaired) electrons. The predicted octanol–water partition coefficient (Wildman–Crippen LogP) is 3.81. The Morgan fingerprint density at radius 1 is 1.37 bits per heavy atom. The van der Waals surface area contributed by atoms with Crippen molar-refractivity contribution in [2.24, 2.45) is 0 Å². The third kappa shape index (κ3) is 4.15. The van der Waals surface area contributed by atoms with E-state index >= 15 is 0 Å². The van der Waals surface area contributed by atoms with Crippen LogP contribution in [0, 0.1) is 0 Å². The van der Waals surface area contributed by atoms with E-state index in [4.69, 9.17) is 4.74 Å². The summed E-state index contributed by atoms with van der Waals surface area (Å²) in [4.78, 5) is 0. The quantitative estimate of drug-likeness (QED) is 0.731. The highest BCUT2D eigenvalue weighted by molar-refractivity contribution is 7.99. The molecular weight excluding hydrogens is 254 g/mol. The Morgan fingerprint density at radius 2 is 2.26 bits per heavy atom. The van der Waals surface area contributed by atoms with Crippen LogP contribution in [0.5, 0.6) is 5.75 Å². The molecule has 0 aliphatic heterocycles. The highest BCUT2D eigenvalue weighted by Crippen LogP contribution is 2.33. The van der Waals surface area contributed by atoms with Crippen molar-refractivity contribution in [1.29, 1.82) is 0 Å². The van der Waals surface area contributed by atoms with Gasteiger partial charge in [-0.15, -0.1) is 0 Å². The molecule has 1 aliphatic carbocycles. The van der Waals surface area contributed by atoms with Crippen LogP contribution in [0.2, 0.25) is 0 Å². The standard InChI is InChI=1S/C16H25NOS/c1-3-17-16-9-6-13-12-14(7-8-15(13)16)18-10-5-11-19-4-2/h7-8,12,16-17H,3-6,9-11H2,1-2H3. The zero-order valence-corrected chi connectivity index (χ0v) is 12.9. The summed E-state index contributed by atoms with van der Waals surface area (Å²) in [6, 6.07) is 7.15. The number of fused-ring (bicyclic) bond motifs is 1. The number of aryl methyl sites for hydroxylation is 1. The molecule has 0 saturated heterocycles. The fraction of sp³-hybridized carbons (Fsp3) is 0.625. The summed E-state index contributed by atoms with van der Waals surface area (Å²) in [5.74, 6) is 3.44. The lowest BCUT2D eigenvalue weighted by atomic mass is 10.1. The van der Waals surface area contributed by atoms with E-state index < -0.39 is 0 Å². The van der Waals surface area contributed by atoms with E-state index in [1.165, 1.54) is 35.5 Å². The van der Waals surface area contributed by atoms with Crippen LogP contribution in [0.3, 0.4) is 0 Å². The SMILES string of the molecule is CCNC1CCc2cc(OCCCSCC)ccc21. The van der Waals surface area contributed by atoms with Crippen LogP contribution >= 0.6 is 11.8 Å². The van der Waals surface area contributed by atoms with Gasteiger partial charge < -0.3 is 10.1 Å². The van der Waals surface area contributed by atoms with Gasteiger partial charge in [-0.3, -0.25) is 0 Å². The van der Waals surface area contributed by atoms with Crippen LogP contribution in [0.15, 0.2) is 18.2 Å². The second kappa shape index (κ2) is 7.81. The minimum atomic E-state index is 0.551. The van der Waals surface area contributed by atoms with E-state index in [9.17, 15) is 0 Å². The van der Waals surface area contributed by atoms with E-state index in [0.29, 0.717) is 6.04 Å². The van der Waals surface area contributed by atoms with Gasteiger partial charge in [-0.1, -0.05) is 19.9 Å². The van der Waals surface area contributed by atoms with Crippen LogP contribution in [0.25, 0.3) is 0 Å². The Bertz CT molecular complexity index is 394. The number of rotatable bonds is 8. The molecule has 1 aliphatic rings. The molecule has 1 aromatic carbocycles. The van der Waals surface area contributed by atoms with Gasteiger partial charge >= 0.3 is 0 Å². The lowest BCUT2D eigenvalue weighted by Gasteiger charge is -2.13. The Hall–Kier alpha value is -0.670. The first-order valence-corrected chi connectivity index (χ1v) is 8.57. The van der Waals surface area contributed by atoms with Crippen LogP contribution in [0.1, 0.15) is 43.9 Å². The second-order valence-electron chi connectivity index (χ2n) is 4.91. The van der Waals surface area contributed by atoms with Crippen LogP contribution in [-0.2, 0) is 6.42 Å². The zero-order valence-electron chi connectivity index (χ0n) is 12.1. The third-order valence-electron chi connectivity index (χ3n) is 3.55. The minimum Gasteiger partial charge on any atom is -0.494 e. The number of nitrogens with one attached hydrogen (secondary N) is 1. The normalized spacial score (nSPS) is 17.5. The van der Waals surface area contributed by atoms with E-state index in [-0.39, 0.29) is 0 Å². The average Bonchev–Trinajstić information content (AvgIpc) is 2.82. The van der Waals surface area contributed by atoms with Crippen LogP contribution in [0.4, 0.5) is 0 Å². The molecule has 106 valence electrons. The molecule has 0 spiro atoms. The largest absolute Gasteiger partial charge is 0.494 e. The summed E-state index contributed by atoms with van der Waals surface area (Å²) < 4.78 is 5.84. The smallest absolute Gasteiger partial charge is 0.119 e. The van der Waals surface area contributed by atoms with Crippen molar-refractivity contribution < 1.29 is 4.74 Å². The summed E-state index contributed by atoms with van der Waals surface area (Å²) in [7, 11) is 0. The summed E-state index contributed by atoms with van der Waals surface area (Å²) in [6.45, 7) is 6.25. The molecule has 1 unspecified atom stereocenters. The van der Waals surface area contributed by atoms with Gasteiger partial charge in [-0.25, -0.2) is 0 Å². The Morgan fingerprint density at radius 3 is 3.05 bits per heavy atom. The molecule has 2 nitrogen and oxygen atoms in total. The van der Waals surface area contributed by atoms with Crippen LogP contribution < -0.4 is 10.1 Å². The third-order valence-corrected chi connectivity index (χ3v) is 4.53. The number of hydrogen-bond donors (Lipinski definition) is 1. The van der Waals surface area contributed by atoms with E-state index in [0.717, 1.165) is 25.3 Å². The van der Waals surface area contributed by atoms with Crippen molar-refractivity contribution in [3.05, 3.63) is 29.3 Å². The van der Waals surface area contributed by atoms with Crippen LogP contribution in [-0.4, -0.2) is 24.7 Å². The first kappa shape index (κ1) is 14.7. The Kier molecular flexibility index (Phi) is 6.05. The van der Waals surface area contributed by atoms with Gasteiger partial charge in [0, 0.05) is 6.04 Å². The molecule has 0 amide bonds. The van der Waals surface area contributed by atoms with Gasteiger partial charge in [0.25, 0.3) is 0 Å². The fourth-order valence-corrected chi connectivity index (χ4v) is 3.25. The summed E-state index contributed by atoms with van der Waals surface area (Å²) in [5.41, 5.74) is 2.93. The van der Waals surface area contributed by atoms with Gasteiger partial charge in [0.05, 0.1) is 6.61 Å². The van der Waals surface area contributed by atoms with E-state index in [1.807, 2.05) is 11.8 Å². The highest BCUT2D eigenvalue weighted by Gasteiger charge is 2.21. The van der Waals surface area contributed by atoms with Crippen molar-refractivity contribution in [2.45, 2.75) is 39.2 Å². The molecule has 0 heterocycles. The second-order valence-corrected chi connectivity index (χ2v) is 6.30. The van der Waals surface area contributed by atoms with Crippen molar-refractivity contribution in [2.75, 3.05) is 24.7 Å². The Labute approximate surface area is 121 Å². The van der Waals surface area contributed by atoms with Gasteiger partial charge in [-0.05, 0) is 60.6 Å². The average molecular weight is 279 g/mol. The summed E-state index contributed by atoms with van der Waals surface area (Å²) in [6.07, 6.45) is 3.53. The maximum absolute atomic E-state index is 5.84. The molecule has 3 heteroatoms. The molecule has 0 bridgehead atoms. The molecule has 19 heavy (non-hydrogen) atoms. The molecule has 0 saturated carbocycles. The molecule has 1 N–H and O–H groups in total. The summed E-state index contributed by atoms with van der Waals surface area (Å²) in [5, 5.41) is 3.54. The number of hydrogen-bond acceptors (Lipinski definition) is 3. The topological polar surface area (TPSA) is 21.3 Å². The van der Waals surface area contributed by atoms with E-state index in [1.54, 1.807) is 0 Å². The number of ether oxygens (including phenoxy) is 1. The first-order valence-electron chi connectivity index (χ1n) is 7.42. The van der Waals surface area contributed by atoms with E-state index in [2.05, 4.69) is 37.4 Å². The molecule has 1 atom stereocenters. The van der Waals surface area contributed by atoms with Gasteiger partial charge in [0.2, 0.25) is 0 Å². The fourth-order valence-electron chi connectivity index (χ4n) is 2.64. The lowest BCUT2D eigenvalue weighted by Crippen LogP contribution is -2.18. The predicted molar refractivity (Wildman–Crippen MR) is 84.3 cm³/mol. The van der Waals surface area contributed by atoms with Gasteiger partial charge in [-0.2, -0.15) is 11.8 Å². The zero-order chi connectivity index (χ0) is 13.5. The molecular formula is C16H25NOS. The monoisotopic (exact) mass is 279 g/mol. The summed E-state index contributed by atoms with van der Waals surface area (Å²) >= 11 is 1.98. The lowest BCUT2D eigenvalue weighted by molar-refractivity contribution is 0.318.